The molecule has 0 radical (unpaired) electrons. The summed E-state index contributed by atoms with van der Waals surface area (Å²) in [5.74, 6) is 2.07. The molecule has 1 amide bonds. The predicted octanol–water partition coefficient (Wildman–Crippen LogP) is 5.29. The van der Waals surface area contributed by atoms with Crippen LogP contribution in [0.1, 0.15) is 51.1 Å². The SMILES string of the molecule is CCn1c(SCC(=O)Nc2ccccc2C(C)C)nnc1C(C)Oc1ccccc1. The number of hydrogen-bond acceptors (Lipinski definition) is 5. The molecule has 1 heterocycles. The predicted molar refractivity (Wildman–Crippen MR) is 121 cm³/mol. The van der Waals surface area contributed by atoms with Crippen LogP contribution in [-0.2, 0) is 11.3 Å². The van der Waals surface area contributed by atoms with E-state index in [1.54, 1.807) is 0 Å². The summed E-state index contributed by atoms with van der Waals surface area (Å²) in [5, 5.41) is 12.3. The molecule has 3 rings (SSSR count). The van der Waals surface area contributed by atoms with Crippen LogP contribution < -0.4 is 10.1 Å². The number of carbonyl (C=O) groups is 1. The number of hydrogen-bond donors (Lipinski definition) is 1. The van der Waals surface area contributed by atoms with Gasteiger partial charge in [-0.05, 0) is 43.5 Å². The smallest absolute Gasteiger partial charge is 0.234 e. The third-order valence-corrected chi connectivity index (χ3v) is 5.64. The molecule has 0 saturated carbocycles. The second kappa shape index (κ2) is 10.3. The zero-order chi connectivity index (χ0) is 21.5. The highest BCUT2D eigenvalue weighted by molar-refractivity contribution is 7.99. The van der Waals surface area contributed by atoms with Gasteiger partial charge in [0.1, 0.15) is 5.75 Å². The number of carbonyl (C=O) groups excluding carboxylic acids is 1. The Bertz CT molecular complexity index is 972. The largest absolute Gasteiger partial charge is 0.483 e. The third-order valence-electron chi connectivity index (χ3n) is 4.67. The van der Waals surface area contributed by atoms with E-state index < -0.39 is 0 Å². The molecule has 2 aromatic carbocycles. The number of anilines is 1. The molecule has 1 unspecified atom stereocenters. The number of ether oxygens (including phenoxy) is 1. The summed E-state index contributed by atoms with van der Waals surface area (Å²) >= 11 is 1.38. The van der Waals surface area contributed by atoms with Crippen molar-refractivity contribution in [2.75, 3.05) is 11.1 Å². The Morgan fingerprint density at radius 1 is 1.07 bits per heavy atom. The van der Waals surface area contributed by atoms with Crippen molar-refractivity contribution in [1.82, 2.24) is 14.8 Å². The molecule has 7 heteroatoms. The molecule has 30 heavy (non-hydrogen) atoms. The van der Waals surface area contributed by atoms with Crippen LogP contribution in [0.5, 0.6) is 5.75 Å². The lowest BCUT2D eigenvalue weighted by Crippen LogP contribution is -2.16. The molecule has 0 aliphatic rings. The number of amides is 1. The molecule has 6 nitrogen and oxygen atoms in total. The normalized spacial score (nSPS) is 12.0. The summed E-state index contributed by atoms with van der Waals surface area (Å²) in [4.78, 5) is 12.5. The molecule has 0 aliphatic carbocycles. The van der Waals surface area contributed by atoms with Gasteiger partial charge in [-0.2, -0.15) is 0 Å². The standard InChI is InChI=1S/C23H28N4O2S/c1-5-27-22(17(4)29-18-11-7-6-8-12-18)25-26-23(27)30-15-21(28)24-20-14-10-9-13-19(20)16(2)3/h6-14,16-17H,5,15H2,1-4H3,(H,24,28). The molecule has 158 valence electrons. The van der Waals surface area contributed by atoms with E-state index in [0.29, 0.717) is 17.6 Å². The number of nitrogens with zero attached hydrogens (tertiary/aromatic N) is 3. The molecule has 1 N–H and O–H groups in total. The first-order chi connectivity index (χ1) is 14.5. The molecule has 0 aliphatic heterocycles. The van der Waals surface area contributed by atoms with Gasteiger partial charge in [-0.15, -0.1) is 10.2 Å². The van der Waals surface area contributed by atoms with E-state index in [2.05, 4.69) is 29.4 Å². The first-order valence-electron chi connectivity index (χ1n) is 10.2. The van der Waals surface area contributed by atoms with Crippen molar-refractivity contribution in [2.45, 2.75) is 51.4 Å². The number of nitrogens with one attached hydrogen (secondary N) is 1. The van der Waals surface area contributed by atoms with Crippen LogP contribution in [0.4, 0.5) is 5.69 Å². The fraction of sp³-hybridized carbons (Fsp3) is 0.348. The minimum absolute atomic E-state index is 0.0612. The van der Waals surface area contributed by atoms with Gasteiger partial charge in [-0.3, -0.25) is 4.79 Å². The number of rotatable bonds is 9. The van der Waals surface area contributed by atoms with Crippen molar-refractivity contribution < 1.29 is 9.53 Å². The van der Waals surface area contributed by atoms with Crippen LogP contribution in [0.3, 0.4) is 0 Å². The van der Waals surface area contributed by atoms with Crippen molar-refractivity contribution >= 4 is 23.4 Å². The quantitative estimate of drug-likeness (QED) is 0.473. The zero-order valence-electron chi connectivity index (χ0n) is 17.8. The Labute approximate surface area is 182 Å². The van der Waals surface area contributed by atoms with E-state index >= 15 is 0 Å². The maximum atomic E-state index is 12.5. The van der Waals surface area contributed by atoms with Crippen molar-refractivity contribution in [1.29, 1.82) is 0 Å². The number of aromatic nitrogens is 3. The maximum Gasteiger partial charge on any atom is 0.234 e. The van der Waals surface area contributed by atoms with E-state index in [1.807, 2.05) is 73.0 Å². The molecule has 3 aromatic rings. The highest BCUT2D eigenvalue weighted by atomic mass is 32.2. The van der Waals surface area contributed by atoms with Gasteiger partial charge in [-0.1, -0.05) is 62.0 Å². The highest BCUT2D eigenvalue weighted by Gasteiger charge is 2.19. The number of para-hydroxylation sites is 2. The van der Waals surface area contributed by atoms with Crippen molar-refractivity contribution in [3.63, 3.8) is 0 Å². The lowest BCUT2D eigenvalue weighted by molar-refractivity contribution is -0.113. The molecule has 0 saturated heterocycles. The molecule has 0 fully saturated rings. The lowest BCUT2D eigenvalue weighted by atomic mass is 10.0. The average molecular weight is 425 g/mol. The van der Waals surface area contributed by atoms with Gasteiger partial charge in [-0.25, -0.2) is 0 Å². The van der Waals surface area contributed by atoms with Gasteiger partial charge in [0.2, 0.25) is 5.91 Å². The third kappa shape index (κ3) is 5.42. The van der Waals surface area contributed by atoms with Crippen LogP contribution in [0, 0.1) is 0 Å². The Balaban J connectivity index is 1.64. The number of thioether (sulfide) groups is 1. The Hall–Kier alpha value is -2.80. The summed E-state index contributed by atoms with van der Waals surface area (Å²) in [6, 6.07) is 17.6. The summed E-state index contributed by atoms with van der Waals surface area (Å²) in [6.07, 6.45) is -0.249. The van der Waals surface area contributed by atoms with E-state index in [4.69, 9.17) is 4.74 Å². The maximum absolute atomic E-state index is 12.5. The Morgan fingerprint density at radius 3 is 2.47 bits per heavy atom. The van der Waals surface area contributed by atoms with Crippen LogP contribution in [-0.4, -0.2) is 26.4 Å². The molecule has 0 bridgehead atoms. The molecular weight excluding hydrogens is 396 g/mol. The minimum Gasteiger partial charge on any atom is -0.483 e. The van der Waals surface area contributed by atoms with Crippen molar-refractivity contribution in [3.8, 4) is 5.75 Å². The van der Waals surface area contributed by atoms with Gasteiger partial charge >= 0.3 is 0 Å². The fourth-order valence-corrected chi connectivity index (χ4v) is 4.00. The highest BCUT2D eigenvalue weighted by Crippen LogP contribution is 2.26. The molecule has 0 spiro atoms. The van der Waals surface area contributed by atoms with Gasteiger partial charge in [0.05, 0.1) is 5.75 Å². The van der Waals surface area contributed by atoms with E-state index in [1.165, 1.54) is 11.8 Å². The number of benzene rings is 2. The van der Waals surface area contributed by atoms with E-state index in [9.17, 15) is 4.79 Å². The Kier molecular flexibility index (Phi) is 7.52. The van der Waals surface area contributed by atoms with Gasteiger partial charge in [0, 0.05) is 12.2 Å². The van der Waals surface area contributed by atoms with Crippen LogP contribution >= 0.6 is 11.8 Å². The minimum atomic E-state index is -0.249. The summed E-state index contributed by atoms with van der Waals surface area (Å²) in [7, 11) is 0. The van der Waals surface area contributed by atoms with E-state index in [-0.39, 0.29) is 17.8 Å². The van der Waals surface area contributed by atoms with Gasteiger partial charge in [0.15, 0.2) is 17.1 Å². The average Bonchev–Trinajstić information content (AvgIpc) is 3.16. The lowest BCUT2D eigenvalue weighted by Gasteiger charge is -2.15. The fourth-order valence-electron chi connectivity index (χ4n) is 3.19. The summed E-state index contributed by atoms with van der Waals surface area (Å²) in [5.41, 5.74) is 1.99. The molecular formula is C23H28N4O2S. The Morgan fingerprint density at radius 2 is 1.77 bits per heavy atom. The zero-order valence-corrected chi connectivity index (χ0v) is 18.6. The monoisotopic (exact) mass is 424 g/mol. The topological polar surface area (TPSA) is 69.0 Å². The van der Waals surface area contributed by atoms with Crippen LogP contribution in [0.2, 0.25) is 0 Å². The second-order valence-corrected chi connectivity index (χ2v) is 8.18. The van der Waals surface area contributed by atoms with Gasteiger partial charge in [0.25, 0.3) is 0 Å². The van der Waals surface area contributed by atoms with Crippen LogP contribution in [0.15, 0.2) is 59.8 Å². The second-order valence-electron chi connectivity index (χ2n) is 7.24. The van der Waals surface area contributed by atoms with Crippen LogP contribution in [0.25, 0.3) is 0 Å². The summed E-state index contributed by atoms with van der Waals surface area (Å²) < 4.78 is 7.98. The summed E-state index contributed by atoms with van der Waals surface area (Å²) in [6.45, 7) is 8.91. The first-order valence-corrected chi connectivity index (χ1v) is 11.1. The van der Waals surface area contributed by atoms with Gasteiger partial charge < -0.3 is 14.6 Å². The first kappa shape index (κ1) is 21.9. The van der Waals surface area contributed by atoms with Crippen molar-refractivity contribution in [2.24, 2.45) is 0 Å². The van der Waals surface area contributed by atoms with Crippen molar-refractivity contribution in [3.05, 3.63) is 66.0 Å². The molecule has 1 atom stereocenters. The molecule has 1 aromatic heterocycles. The van der Waals surface area contributed by atoms with E-state index in [0.717, 1.165) is 22.8 Å².